The van der Waals surface area contributed by atoms with Crippen molar-refractivity contribution in [2.45, 2.75) is 18.9 Å². The van der Waals surface area contributed by atoms with Crippen molar-refractivity contribution < 1.29 is 13.9 Å². The first-order chi connectivity index (χ1) is 8.22. The summed E-state index contributed by atoms with van der Waals surface area (Å²) in [5.74, 6) is 0.410. The molecule has 1 fully saturated rings. The van der Waals surface area contributed by atoms with E-state index in [-0.39, 0.29) is 17.8 Å². The molecule has 2 rings (SSSR count). The molecule has 17 heavy (non-hydrogen) atoms. The van der Waals surface area contributed by atoms with E-state index in [0.29, 0.717) is 17.9 Å². The fraction of sp³-hybridized carbons (Fsp3) is 0.538. The summed E-state index contributed by atoms with van der Waals surface area (Å²) < 4.78 is 24.2. The summed E-state index contributed by atoms with van der Waals surface area (Å²) in [5.41, 5.74) is 6.64. The Morgan fingerprint density at radius 2 is 2.35 bits per heavy atom. The van der Waals surface area contributed by atoms with E-state index >= 15 is 0 Å². The van der Waals surface area contributed by atoms with Crippen molar-refractivity contribution in [1.82, 2.24) is 0 Å². The van der Waals surface area contributed by atoms with Gasteiger partial charge < -0.3 is 15.2 Å². The molecule has 2 unspecified atom stereocenters. The van der Waals surface area contributed by atoms with Gasteiger partial charge in [-0.05, 0) is 18.9 Å². The van der Waals surface area contributed by atoms with Crippen molar-refractivity contribution in [3.63, 3.8) is 0 Å². The maximum atomic E-state index is 13.8. The molecule has 3 nitrogen and oxygen atoms in total. The third-order valence-electron chi connectivity index (χ3n) is 3.27. The van der Waals surface area contributed by atoms with Crippen LogP contribution < -0.4 is 10.5 Å². The highest BCUT2D eigenvalue weighted by Crippen LogP contribution is 2.29. The summed E-state index contributed by atoms with van der Waals surface area (Å²) in [6.07, 6.45) is 1.99. The van der Waals surface area contributed by atoms with Gasteiger partial charge in [0.1, 0.15) is 11.6 Å². The minimum atomic E-state index is -0.304. The Kier molecular flexibility index (Phi) is 3.97. The molecule has 0 spiro atoms. The van der Waals surface area contributed by atoms with E-state index in [2.05, 4.69) is 0 Å². The minimum absolute atomic E-state index is 0.201. The van der Waals surface area contributed by atoms with Gasteiger partial charge in [0.15, 0.2) is 0 Å². The first-order valence-electron chi connectivity index (χ1n) is 5.89. The van der Waals surface area contributed by atoms with E-state index in [4.69, 9.17) is 15.2 Å². The highest BCUT2D eigenvalue weighted by molar-refractivity contribution is 5.31. The topological polar surface area (TPSA) is 44.5 Å². The number of nitrogens with two attached hydrogens (primary N) is 1. The second-order valence-corrected chi connectivity index (χ2v) is 4.39. The van der Waals surface area contributed by atoms with Crippen LogP contribution in [0, 0.1) is 11.7 Å². The summed E-state index contributed by atoms with van der Waals surface area (Å²) in [4.78, 5) is 0. The molecule has 1 aromatic carbocycles. The zero-order chi connectivity index (χ0) is 12.3. The Morgan fingerprint density at radius 3 is 2.94 bits per heavy atom. The SMILES string of the molecule is COc1ccc(C(N)C2CCCOC2)c(F)c1. The Labute approximate surface area is 101 Å². The van der Waals surface area contributed by atoms with E-state index in [1.165, 1.54) is 13.2 Å². The van der Waals surface area contributed by atoms with Crippen LogP contribution in [0.5, 0.6) is 5.75 Å². The Balaban J connectivity index is 2.15. The lowest BCUT2D eigenvalue weighted by molar-refractivity contribution is 0.0443. The molecule has 0 radical (unpaired) electrons. The lowest BCUT2D eigenvalue weighted by atomic mass is 9.89. The normalized spacial score (nSPS) is 22.2. The lowest BCUT2D eigenvalue weighted by Gasteiger charge is -2.28. The Hall–Kier alpha value is -1.13. The number of rotatable bonds is 3. The molecule has 4 heteroatoms. The number of ether oxygens (including phenoxy) is 2. The van der Waals surface area contributed by atoms with Crippen molar-refractivity contribution >= 4 is 0 Å². The van der Waals surface area contributed by atoms with Crippen molar-refractivity contribution in [3.05, 3.63) is 29.6 Å². The number of methoxy groups -OCH3 is 1. The molecule has 94 valence electrons. The van der Waals surface area contributed by atoms with E-state index in [9.17, 15) is 4.39 Å². The summed E-state index contributed by atoms with van der Waals surface area (Å²) in [6.45, 7) is 1.40. The van der Waals surface area contributed by atoms with Crippen LogP contribution in [0.25, 0.3) is 0 Å². The molecule has 1 aromatic rings. The number of hydrogen-bond donors (Lipinski definition) is 1. The fourth-order valence-corrected chi connectivity index (χ4v) is 2.21. The third kappa shape index (κ3) is 2.76. The van der Waals surface area contributed by atoms with Gasteiger partial charge in [0.2, 0.25) is 0 Å². The molecule has 1 heterocycles. The standard InChI is InChI=1S/C13H18FNO2/c1-16-10-4-5-11(12(14)7-10)13(15)9-3-2-6-17-8-9/h4-5,7,9,13H,2-3,6,8,15H2,1H3. The Morgan fingerprint density at radius 1 is 1.53 bits per heavy atom. The summed E-state index contributed by atoms with van der Waals surface area (Å²) >= 11 is 0. The predicted octanol–water partition coefficient (Wildman–Crippen LogP) is 2.26. The molecular weight excluding hydrogens is 221 g/mol. The number of hydrogen-bond acceptors (Lipinski definition) is 3. The van der Waals surface area contributed by atoms with Gasteiger partial charge in [0, 0.05) is 30.2 Å². The van der Waals surface area contributed by atoms with E-state index in [1.54, 1.807) is 12.1 Å². The van der Waals surface area contributed by atoms with Crippen LogP contribution >= 0.6 is 0 Å². The van der Waals surface area contributed by atoms with E-state index < -0.39 is 0 Å². The second-order valence-electron chi connectivity index (χ2n) is 4.39. The van der Waals surface area contributed by atoms with Gasteiger partial charge in [-0.2, -0.15) is 0 Å². The highest BCUT2D eigenvalue weighted by atomic mass is 19.1. The molecule has 1 saturated heterocycles. The number of benzene rings is 1. The number of halogens is 1. The van der Waals surface area contributed by atoms with E-state index in [0.717, 1.165) is 19.4 Å². The average molecular weight is 239 g/mol. The molecule has 0 aliphatic carbocycles. The third-order valence-corrected chi connectivity index (χ3v) is 3.27. The van der Waals surface area contributed by atoms with Crippen LogP contribution in [-0.4, -0.2) is 20.3 Å². The van der Waals surface area contributed by atoms with Crippen LogP contribution in [0.1, 0.15) is 24.4 Å². The molecule has 0 aromatic heterocycles. The van der Waals surface area contributed by atoms with Crippen molar-refractivity contribution in [2.24, 2.45) is 11.7 Å². The fourth-order valence-electron chi connectivity index (χ4n) is 2.21. The van der Waals surface area contributed by atoms with Gasteiger partial charge in [-0.3, -0.25) is 0 Å². The molecule has 1 aliphatic rings. The molecule has 0 amide bonds. The maximum absolute atomic E-state index is 13.8. The van der Waals surface area contributed by atoms with Crippen LogP contribution in [0.15, 0.2) is 18.2 Å². The van der Waals surface area contributed by atoms with Gasteiger partial charge in [-0.15, -0.1) is 0 Å². The minimum Gasteiger partial charge on any atom is -0.497 e. The molecular formula is C13H18FNO2. The summed E-state index contributed by atoms with van der Waals surface area (Å²) in [6, 6.07) is 4.51. The quantitative estimate of drug-likeness (QED) is 0.880. The smallest absolute Gasteiger partial charge is 0.131 e. The summed E-state index contributed by atoms with van der Waals surface area (Å²) in [7, 11) is 1.52. The zero-order valence-corrected chi connectivity index (χ0v) is 9.99. The molecule has 1 aliphatic heterocycles. The summed E-state index contributed by atoms with van der Waals surface area (Å²) in [5, 5.41) is 0. The maximum Gasteiger partial charge on any atom is 0.131 e. The van der Waals surface area contributed by atoms with Crippen molar-refractivity contribution in [1.29, 1.82) is 0 Å². The monoisotopic (exact) mass is 239 g/mol. The average Bonchev–Trinajstić information content (AvgIpc) is 2.39. The van der Waals surface area contributed by atoms with Gasteiger partial charge in [-0.1, -0.05) is 6.07 Å². The van der Waals surface area contributed by atoms with Gasteiger partial charge in [0.05, 0.1) is 13.7 Å². The Bertz CT molecular complexity index is 378. The van der Waals surface area contributed by atoms with Gasteiger partial charge in [0.25, 0.3) is 0 Å². The van der Waals surface area contributed by atoms with E-state index in [1.807, 2.05) is 0 Å². The second kappa shape index (κ2) is 5.47. The van der Waals surface area contributed by atoms with Gasteiger partial charge in [-0.25, -0.2) is 4.39 Å². The zero-order valence-electron chi connectivity index (χ0n) is 9.99. The van der Waals surface area contributed by atoms with Crippen LogP contribution in [0.2, 0.25) is 0 Å². The lowest BCUT2D eigenvalue weighted by Crippen LogP contribution is -2.29. The van der Waals surface area contributed by atoms with Gasteiger partial charge >= 0.3 is 0 Å². The first-order valence-corrected chi connectivity index (χ1v) is 5.89. The van der Waals surface area contributed by atoms with Crippen molar-refractivity contribution in [2.75, 3.05) is 20.3 Å². The predicted molar refractivity (Wildman–Crippen MR) is 63.4 cm³/mol. The molecule has 2 N–H and O–H groups in total. The molecule has 2 atom stereocenters. The van der Waals surface area contributed by atoms with Crippen LogP contribution in [0.4, 0.5) is 4.39 Å². The van der Waals surface area contributed by atoms with Crippen LogP contribution in [0.3, 0.4) is 0 Å². The van der Waals surface area contributed by atoms with Crippen molar-refractivity contribution in [3.8, 4) is 5.75 Å². The van der Waals surface area contributed by atoms with Crippen LogP contribution in [-0.2, 0) is 4.74 Å². The molecule has 0 bridgehead atoms. The highest BCUT2D eigenvalue weighted by Gasteiger charge is 2.24. The largest absolute Gasteiger partial charge is 0.497 e. The first kappa shape index (κ1) is 12.3. The molecule has 0 saturated carbocycles.